The standard InChI is InChI=1S/C19H18F2N2O2/c1-25-11-10-23-9-8-13-14(4-2-7-18(13)23)19(24)22-12-15-16(20)5-3-6-17(15)21/h2-9H,10-12H2,1H3,(H,22,24). The normalized spacial score (nSPS) is 11.0. The van der Waals surface area contributed by atoms with E-state index in [0.29, 0.717) is 18.7 Å². The summed E-state index contributed by atoms with van der Waals surface area (Å²) in [6.45, 7) is 1.02. The van der Waals surface area contributed by atoms with Gasteiger partial charge in [-0.15, -0.1) is 0 Å². The smallest absolute Gasteiger partial charge is 0.252 e. The van der Waals surface area contributed by atoms with E-state index in [1.54, 1.807) is 19.2 Å². The van der Waals surface area contributed by atoms with Crippen molar-refractivity contribution in [2.45, 2.75) is 13.1 Å². The van der Waals surface area contributed by atoms with E-state index in [1.807, 2.05) is 22.9 Å². The van der Waals surface area contributed by atoms with Crippen LogP contribution in [0.1, 0.15) is 15.9 Å². The molecule has 1 amide bonds. The molecule has 0 radical (unpaired) electrons. The third-order valence-corrected chi connectivity index (χ3v) is 4.08. The number of benzene rings is 2. The Morgan fingerprint density at radius 3 is 2.56 bits per heavy atom. The molecule has 1 aromatic heterocycles. The van der Waals surface area contributed by atoms with Crippen LogP contribution in [0.4, 0.5) is 8.78 Å². The number of halogens is 2. The van der Waals surface area contributed by atoms with E-state index in [2.05, 4.69) is 5.32 Å². The molecule has 0 aliphatic carbocycles. The highest BCUT2D eigenvalue weighted by atomic mass is 19.1. The van der Waals surface area contributed by atoms with E-state index in [9.17, 15) is 13.6 Å². The Hall–Kier alpha value is -2.73. The Kier molecular flexibility index (Phi) is 5.09. The largest absolute Gasteiger partial charge is 0.383 e. The van der Waals surface area contributed by atoms with Gasteiger partial charge in [0.25, 0.3) is 5.91 Å². The number of amides is 1. The number of hydrogen-bond acceptors (Lipinski definition) is 2. The minimum atomic E-state index is -0.677. The molecule has 1 N–H and O–H groups in total. The number of rotatable bonds is 6. The van der Waals surface area contributed by atoms with E-state index in [-0.39, 0.29) is 18.0 Å². The van der Waals surface area contributed by atoms with Crippen LogP contribution in [0.5, 0.6) is 0 Å². The molecule has 6 heteroatoms. The number of hydrogen-bond donors (Lipinski definition) is 1. The fourth-order valence-electron chi connectivity index (χ4n) is 2.77. The molecule has 130 valence electrons. The molecule has 4 nitrogen and oxygen atoms in total. The van der Waals surface area contributed by atoms with Gasteiger partial charge in [0.1, 0.15) is 11.6 Å². The predicted molar refractivity (Wildman–Crippen MR) is 91.3 cm³/mol. The summed E-state index contributed by atoms with van der Waals surface area (Å²) in [6.07, 6.45) is 1.89. The molecule has 0 saturated carbocycles. The summed E-state index contributed by atoms with van der Waals surface area (Å²) < 4.78 is 34.4. The average molecular weight is 344 g/mol. The molecule has 0 aliphatic rings. The van der Waals surface area contributed by atoms with Gasteiger partial charge in [-0.2, -0.15) is 0 Å². The van der Waals surface area contributed by atoms with E-state index in [0.717, 1.165) is 10.9 Å². The molecule has 1 heterocycles. The molecule has 0 fully saturated rings. The van der Waals surface area contributed by atoms with Gasteiger partial charge < -0.3 is 14.6 Å². The van der Waals surface area contributed by atoms with Crippen LogP contribution in [0, 0.1) is 11.6 Å². The van der Waals surface area contributed by atoms with Gasteiger partial charge in [-0.1, -0.05) is 12.1 Å². The van der Waals surface area contributed by atoms with Gasteiger partial charge in [-0.05, 0) is 30.3 Å². The third kappa shape index (κ3) is 3.53. The lowest BCUT2D eigenvalue weighted by atomic mass is 10.1. The highest BCUT2D eigenvalue weighted by Crippen LogP contribution is 2.21. The molecule has 0 spiro atoms. The second-order valence-corrected chi connectivity index (χ2v) is 5.62. The molecule has 25 heavy (non-hydrogen) atoms. The molecule has 0 bridgehead atoms. The second-order valence-electron chi connectivity index (χ2n) is 5.62. The SMILES string of the molecule is COCCn1ccc2c(C(=O)NCc3c(F)cccc3F)cccc21. The summed E-state index contributed by atoms with van der Waals surface area (Å²) in [7, 11) is 1.63. The average Bonchev–Trinajstić information content (AvgIpc) is 3.02. The Bertz CT molecular complexity index is 885. The lowest BCUT2D eigenvalue weighted by Gasteiger charge is -2.09. The zero-order chi connectivity index (χ0) is 17.8. The van der Waals surface area contributed by atoms with Crippen molar-refractivity contribution >= 4 is 16.8 Å². The third-order valence-electron chi connectivity index (χ3n) is 4.08. The number of ether oxygens (including phenoxy) is 1. The molecule has 0 unspecified atom stereocenters. The first-order valence-corrected chi connectivity index (χ1v) is 7.89. The van der Waals surface area contributed by atoms with Gasteiger partial charge in [0, 0.05) is 48.4 Å². The number of nitrogens with one attached hydrogen (secondary N) is 1. The van der Waals surface area contributed by atoms with Gasteiger partial charge in [0.15, 0.2) is 0 Å². The van der Waals surface area contributed by atoms with Gasteiger partial charge in [-0.3, -0.25) is 4.79 Å². The first-order valence-electron chi connectivity index (χ1n) is 7.89. The first-order chi connectivity index (χ1) is 12.1. The summed E-state index contributed by atoms with van der Waals surface area (Å²) >= 11 is 0. The molecular weight excluding hydrogens is 326 g/mol. The van der Waals surface area contributed by atoms with Crippen molar-refractivity contribution in [1.29, 1.82) is 0 Å². The van der Waals surface area contributed by atoms with Gasteiger partial charge in [0.2, 0.25) is 0 Å². The molecular formula is C19H18F2N2O2. The van der Waals surface area contributed by atoms with Crippen molar-refractivity contribution in [3.8, 4) is 0 Å². The van der Waals surface area contributed by atoms with Crippen molar-refractivity contribution in [3.63, 3.8) is 0 Å². The minimum absolute atomic E-state index is 0.152. The maximum atomic E-state index is 13.7. The Balaban J connectivity index is 1.81. The number of carbonyl (C=O) groups excluding carboxylic acids is 1. The van der Waals surface area contributed by atoms with Crippen LogP contribution in [0.15, 0.2) is 48.7 Å². The number of fused-ring (bicyclic) bond motifs is 1. The second kappa shape index (κ2) is 7.44. The van der Waals surface area contributed by atoms with Crippen molar-refractivity contribution < 1.29 is 18.3 Å². The summed E-state index contributed by atoms with van der Waals surface area (Å²) in [6, 6.07) is 10.9. The highest BCUT2D eigenvalue weighted by Gasteiger charge is 2.14. The van der Waals surface area contributed by atoms with Gasteiger partial charge in [0.05, 0.1) is 6.61 Å². The van der Waals surface area contributed by atoms with Crippen molar-refractivity contribution in [3.05, 3.63) is 71.4 Å². The number of aromatic nitrogens is 1. The quantitative estimate of drug-likeness (QED) is 0.744. The maximum Gasteiger partial charge on any atom is 0.252 e. The molecule has 0 saturated heterocycles. The summed E-state index contributed by atoms with van der Waals surface area (Å²) in [5.41, 5.74) is 1.22. The van der Waals surface area contributed by atoms with Crippen LogP contribution in [0.2, 0.25) is 0 Å². The summed E-state index contributed by atoms with van der Waals surface area (Å²) in [4.78, 5) is 12.5. The van der Waals surface area contributed by atoms with Crippen LogP contribution < -0.4 is 5.32 Å². The Morgan fingerprint density at radius 1 is 1.12 bits per heavy atom. The van der Waals surface area contributed by atoms with Crippen molar-refractivity contribution in [2.24, 2.45) is 0 Å². The fraction of sp³-hybridized carbons (Fsp3) is 0.211. The lowest BCUT2D eigenvalue weighted by molar-refractivity contribution is 0.0952. The Labute approximate surface area is 144 Å². The molecule has 0 atom stereocenters. The van der Waals surface area contributed by atoms with Crippen LogP contribution >= 0.6 is 0 Å². The van der Waals surface area contributed by atoms with Gasteiger partial charge in [-0.25, -0.2) is 8.78 Å². The zero-order valence-corrected chi connectivity index (χ0v) is 13.8. The zero-order valence-electron chi connectivity index (χ0n) is 13.8. The molecule has 0 aliphatic heterocycles. The van der Waals surface area contributed by atoms with Crippen LogP contribution in [0.3, 0.4) is 0 Å². The van der Waals surface area contributed by atoms with Crippen LogP contribution in [-0.2, 0) is 17.8 Å². The van der Waals surface area contributed by atoms with Crippen LogP contribution in [-0.4, -0.2) is 24.2 Å². The van der Waals surface area contributed by atoms with E-state index in [1.165, 1.54) is 18.2 Å². The van der Waals surface area contributed by atoms with Crippen LogP contribution in [0.25, 0.3) is 10.9 Å². The monoisotopic (exact) mass is 344 g/mol. The first kappa shape index (κ1) is 17.1. The number of nitrogens with zero attached hydrogens (tertiary/aromatic N) is 1. The molecule has 2 aromatic carbocycles. The van der Waals surface area contributed by atoms with E-state index < -0.39 is 11.6 Å². The Morgan fingerprint density at radius 2 is 1.84 bits per heavy atom. The van der Waals surface area contributed by atoms with E-state index in [4.69, 9.17) is 4.74 Å². The van der Waals surface area contributed by atoms with Crippen molar-refractivity contribution in [2.75, 3.05) is 13.7 Å². The van der Waals surface area contributed by atoms with Crippen molar-refractivity contribution in [1.82, 2.24) is 9.88 Å². The maximum absolute atomic E-state index is 13.7. The molecule has 3 aromatic rings. The minimum Gasteiger partial charge on any atom is -0.383 e. The highest BCUT2D eigenvalue weighted by molar-refractivity contribution is 6.06. The summed E-state index contributed by atoms with van der Waals surface area (Å²) in [5.74, 6) is -1.73. The van der Waals surface area contributed by atoms with E-state index >= 15 is 0 Å². The topological polar surface area (TPSA) is 43.3 Å². The molecule has 3 rings (SSSR count). The summed E-state index contributed by atoms with van der Waals surface area (Å²) in [5, 5.41) is 3.37. The lowest BCUT2D eigenvalue weighted by Crippen LogP contribution is -2.24. The fourth-order valence-corrected chi connectivity index (χ4v) is 2.77. The number of carbonyl (C=O) groups is 1. The predicted octanol–water partition coefficient (Wildman–Crippen LogP) is 3.50. The number of methoxy groups -OCH3 is 1. The van der Waals surface area contributed by atoms with Gasteiger partial charge >= 0.3 is 0 Å².